The van der Waals surface area contributed by atoms with E-state index in [1.165, 1.54) is 45.4 Å². The van der Waals surface area contributed by atoms with Crippen molar-refractivity contribution >= 4 is 28.9 Å². The number of hydrogen-bond donors (Lipinski definition) is 2. The van der Waals surface area contributed by atoms with Crippen molar-refractivity contribution in [1.29, 1.82) is 0 Å². The van der Waals surface area contributed by atoms with E-state index in [0.717, 1.165) is 18.4 Å². The van der Waals surface area contributed by atoms with Gasteiger partial charge in [0.2, 0.25) is 5.91 Å². The van der Waals surface area contributed by atoms with E-state index >= 15 is 0 Å². The molecule has 2 N–H and O–H groups in total. The van der Waals surface area contributed by atoms with Crippen LogP contribution in [0.5, 0.6) is 0 Å². The van der Waals surface area contributed by atoms with Crippen molar-refractivity contribution in [3.05, 3.63) is 42.2 Å². The minimum atomic E-state index is -0.226. The van der Waals surface area contributed by atoms with Crippen LogP contribution in [0.2, 0.25) is 0 Å². The van der Waals surface area contributed by atoms with Crippen LogP contribution in [0.1, 0.15) is 70.8 Å². The third-order valence-electron chi connectivity index (χ3n) is 4.72. The van der Waals surface area contributed by atoms with Crippen molar-refractivity contribution in [3.63, 3.8) is 0 Å². The van der Waals surface area contributed by atoms with Gasteiger partial charge in [-0.1, -0.05) is 70.6 Å². The van der Waals surface area contributed by atoms with E-state index in [2.05, 4.69) is 34.1 Å². The van der Waals surface area contributed by atoms with Gasteiger partial charge in [0.25, 0.3) is 5.91 Å². The lowest BCUT2D eigenvalue weighted by molar-refractivity contribution is -0.115. The van der Waals surface area contributed by atoms with Gasteiger partial charge in [-0.05, 0) is 18.6 Å². The number of unbranched alkanes of at least 4 members (excludes halogenated alkanes) is 7. The second-order valence-corrected chi connectivity index (χ2v) is 7.33. The fraction of sp³-hybridized carbons (Fsp3) is 0.478. The Kier molecular flexibility index (Phi) is 9.28. The van der Waals surface area contributed by atoms with Crippen LogP contribution in [0, 0.1) is 0 Å². The summed E-state index contributed by atoms with van der Waals surface area (Å²) in [6.07, 6.45) is 9.79. The first-order chi connectivity index (χ1) is 14.0. The first-order valence-electron chi connectivity index (χ1n) is 10.5. The number of nitrogens with one attached hydrogen (secondary N) is 2. The molecule has 1 heterocycles. The SMILES string of the molecule is C=C1N=C(C(=O)NCCCCCCCCCC)C(c2ccc(NC(C)=O)cc2)=N1. The lowest BCUT2D eigenvalue weighted by Gasteiger charge is -2.08. The van der Waals surface area contributed by atoms with Gasteiger partial charge in [0.15, 0.2) is 5.71 Å². The fourth-order valence-corrected chi connectivity index (χ4v) is 3.21. The second-order valence-electron chi connectivity index (χ2n) is 7.33. The molecule has 0 saturated heterocycles. The van der Waals surface area contributed by atoms with Crippen LogP contribution < -0.4 is 10.6 Å². The quantitative estimate of drug-likeness (QED) is 0.506. The van der Waals surface area contributed by atoms with E-state index in [1.54, 1.807) is 12.1 Å². The summed E-state index contributed by atoms with van der Waals surface area (Å²) in [6, 6.07) is 7.17. The smallest absolute Gasteiger partial charge is 0.272 e. The van der Waals surface area contributed by atoms with E-state index in [4.69, 9.17) is 0 Å². The number of nitrogens with zero attached hydrogens (tertiary/aromatic N) is 2. The van der Waals surface area contributed by atoms with Gasteiger partial charge < -0.3 is 10.6 Å². The van der Waals surface area contributed by atoms with Crippen molar-refractivity contribution < 1.29 is 9.59 Å². The average Bonchev–Trinajstić information content (AvgIpc) is 3.08. The molecule has 29 heavy (non-hydrogen) atoms. The van der Waals surface area contributed by atoms with Crippen molar-refractivity contribution in [2.45, 2.75) is 65.2 Å². The first-order valence-corrected chi connectivity index (χ1v) is 10.5. The van der Waals surface area contributed by atoms with Crippen molar-refractivity contribution in [2.24, 2.45) is 9.98 Å². The zero-order valence-electron chi connectivity index (χ0n) is 17.6. The first kappa shape index (κ1) is 22.5. The average molecular weight is 397 g/mol. The Bertz CT molecular complexity index is 779. The predicted molar refractivity (Wildman–Crippen MR) is 119 cm³/mol. The molecule has 0 aromatic heterocycles. The van der Waals surface area contributed by atoms with Crippen molar-refractivity contribution in [3.8, 4) is 0 Å². The van der Waals surface area contributed by atoms with E-state index < -0.39 is 0 Å². The predicted octanol–water partition coefficient (Wildman–Crippen LogP) is 4.62. The molecule has 0 bridgehead atoms. The summed E-state index contributed by atoms with van der Waals surface area (Å²) in [5, 5.41) is 5.66. The number of carbonyl (C=O) groups excluding carboxylic acids is 2. The Morgan fingerprint density at radius 2 is 1.55 bits per heavy atom. The highest BCUT2D eigenvalue weighted by atomic mass is 16.2. The Balaban J connectivity index is 1.80. The monoisotopic (exact) mass is 396 g/mol. The summed E-state index contributed by atoms with van der Waals surface area (Å²) in [6.45, 7) is 8.08. The topological polar surface area (TPSA) is 82.9 Å². The van der Waals surface area contributed by atoms with Crippen LogP contribution in [0.25, 0.3) is 0 Å². The van der Waals surface area contributed by atoms with Crippen molar-refractivity contribution in [1.82, 2.24) is 5.32 Å². The fourth-order valence-electron chi connectivity index (χ4n) is 3.21. The summed E-state index contributed by atoms with van der Waals surface area (Å²) in [4.78, 5) is 32.2. The van der Waals surface area contributed by atoms with E-state index in [0.29, 0.717) is 29.5 Å². The summed E-state index contributed by atoms with van der Waals surface area (Å²) in [7, 11) is 0. The number of rotatable bonds is 12. The number of aliphatic imine (C=N–C) groups is 2. The molecular formula is C23H32N4O2. The van der Waals surface area contributed by atoms with Crippen LogP contribution in [0.3, 0.4) is 0 Å². The highest BCUT2D eigenvalue weighted by molar-refractivity contribution is 6.71. The van der Waals surface area contributed by atoms with Gasteiger partial charge >= 0.3 is 0 Å². The molecule has 6 nitrogen and oxygen atoms in total. The molecule has 1 aliphatic rings. The Labute approximate surface area is 173 Å². The maximum absolute atomic E-state index is 12.6. The highest BCUT2D eigenvalue weighted by Crippen LogP contribution is 2.17. The molecule has 0 radical (unpaired) electrons. The van der Waals surface area contributed by atoms with E-state index in [9.17, 15) is 9.59 Å². The molecule has 1 aliphatic heterocycles. The summed E-state index contributed by atoms with van der Waals surface area (Å²) >= 11 is 0. The Hall–Kier alpha value is -2.76. The van der Waals surface area contributed by atoms with Crippen LogP contribution in [0.15, 0.2) is 46.7 Å². The molecular weight excluding hydrogens is 364 g/mol. The molecule has 1 aromatic carbocycles. The second kappa shape index (κ2) is 11.9. The van der Waals surface area contributed by atoms with Gasteiger partial charge in [0.1, 0.15) is 11.5 Å². The summed E-state index contributed by atoms with van der Waals surface area (Å²) in [5.41, 5.74) is 2.26. The molecule has 0 fully saturated rings. The van der Waals surface area contributed by atoms with Gasteiger partial charge in [-0.3, -0.25) is 9.59 Å². The highest BCUT2D eigenvalue weighted by Gasteiger charge is 2.24. The largest absolute Gasteiger partial charge is 0.351 e. The maximum atomic E-state index is 12.6. The third kappa shape index (κ3) is 7.64. The third-order valence-corrected chi connectivity index (χ3v) is 4.72. The number of amides is 2. The van der Waals surface area contributed by atoms with Crippen LogP contribution >= 0.6 is 0 Å². The molecule has 0 aliphatic carbocycles. The van der Waals surface area contributed by atoms with Gasteiger partial charge in [-0.15, -0.1) is 0 Å². The zero-order valence-corrected chi connectivity index (χ0v) is 17.6. The number of hydrogen-bond acceptors (Lipinski definition) is 4. The van der Waals surface area contributed by atoms with Crippen LogP contribution in [-0.2, 0) is 9.59 Å². The molecule has 2 amide bonds. The minimum Gasteiger partial charge on any atom is -0.351 e. The van der Waals surface area contributed by atoms with Crippen LogP contribution in [0.4, 0.5) is 5.69 Å². The van der Waals surface area contributed by atoms with E-state index in [1.807, 2.05) is 12.1 Å². The summed E-state index contributed by atoms with van der Waals surface area (Å²) in [5.74, 6) is -0.0358. The molecule has 0 unspecified atom stereocenters. The van der Waals surface area contributed by atoms with Gasteiger partial charge in [0.05, 0.1) is 0 Å². The normalized spacial score (nSPS) is 13.1. The maximum Gasteiger partial charge on any atom is 0.272 e. The Morgan fingerprint density at radius 1 is 0.931 bits per heavy atom. The molecule has 156 valence electrons. The molecule has 0 atom stereocenters. The van der Waals surface area contributed by atoms with Gasteiger partial charge in [-0.2, -0.15) is 0 Å². The number of carbonyl (C=O) groups is 2. The molecule has 1 aromatic rings. The molecule has 0 spiro atoms. The lowest BCUT2D eigenvalue weighted by Crippen LogP contribution is -2.35. The summed E-state index contributed by atoms with van der Waals surface area (Å²) < 4.78 is 0. The van der Waals surface area contributed by atoms with Crippen LogP contribution in [-0.4, -0.2) is 29.8 Å². The standard InChI is InChI=1S/C23H32N4O2/c1-4-5-6-7-8-9-10-11-16-24-23(29)22-21(25-17(2)26-22)19-12-14-20(15-13-19)27-18(3)28/h12-15H,2,4-11,16H2,1,3H3,(H,24,29)(H,27,28). The van der Waals surface area contributed by atoms with Gasteiger partial charge in [0, 0.05) is 24.7 Å². The van der Waals surface area contributed by atoms with E-state index in [-0.39, 0.29) is 11.8 Å². The molecule has 2 rings (SSSR count). The Morgan fingerprint density at radius 3 is 2.17 bits per heavy atom. The minimum absolute atomic E-state index is 0.132. The lowest BCUT2D eigenvalue weighted by atomic mass is 10.0. The van der Waals surface area contributed by atoms with Crippen molar-refractivity contribution in [2.75, 3.05) is 11.9 Å². The number of benzene rings is 1. The molecule has 0 saturated carbocycles. The zero-order chi connectivity index (χ0) is 21.1. The number of anilines is 1. The molecule has 6 heteroatoms. The van der Waals surface area contributed by atoms with Gasteiger partial charge in [-0.25, -0.2) is 9.98 Å².